The molecule has 0 spiro atoms. The van der Waals surface area contributed by atoms with Gasteiger partial charge in [-0.1, -0.05) is 12.1 Å². The minimum Gasteiger partial charge on any atom is -0.480 e. The second-order valence-corrected chi connectivity index (χ2v) is 4.51. The molecular formula is C14H19FN2O3. The summed E-state index contributed by atoms with van der Waals surface area (Å²) in [6.45, 7) is 0.0771. The molecule has 1 atom stereocenters. The van der Waals surface area contributed by atoms with E-state index in [2.05, 4.69) is 10.6 Å². The molecule has 0 aliphatic heterocycles. The highest BCUT2D eigenvalue weighted by atomic mass is 19.1. The molecule has 110 valence electrons. The number of carboxylic acid groups (broad SMARTS) is 1. The molecule has 0 saturated heterocycles. The summed E-state index contributed by atoms with van der Waals surface area (Å²) in [5.74, 6) is -1.72. The minimum absolute atomic E-state index is 0.0771. The number of hydrogen-bond donors (Lipinski definition) is 3. The van der Waals surface area contributed by atoms with E-state index >= 15 is 0 Å². The molecule has 1 unspecified atom stereocenters. The van der Waals surface area contributed by atoms with Crippen molar-refractivity contribution >= 4 is 11.9 Å². The quantitative estimate of drug-likeness (QED) is 0.663. The molecule has 5 nitrogen and oxygen atoms in total. The average Bonchev–Trinajstić information content (AvgIpc) is 2.37. The predicted octanol–water partition coefficient (Wildman–Crippen LogP) is 0.937. The molecule has 0 fully saturated rings. The van der Waals surface area contributed by atoms with E-state index in [1.807, 2.05) is 0 Å². The largest absolute Gasteiger partial charge is 0.480 e. The lowest BCUT2D eigenvalue weighted by Crippen LogP contribution is -2.44. The Morgan fingerprint density at radius 1 is 1.40 bits per heavy atom. The Morgan fingerprint density at radius 3 is 2.75 bits per heavy atom. The average molecular weight is 282 g/mol. The third kappa shape index (κ3) is 5.79. The number of likely N-dealkylation sites (N-methyl/N-ethyl adjacent to an activating group) is 1. The van der Waals surface area contributed by atoms with E-state index < -0.39 is 12.0 Å². The molecule has 0 radical (unpaired) electrons. The normalized spacial score (nSPS) is 11.9. The highest BCUT2D eigenvalue weighted by Gasteiger charge is 2.18. The molecule has 1 rings (SSSR count). The number of hydrogen-bond acceptors (Lipinski definition) is 3. The summed E-state index contributed by atoms with van der Waals surface area (Å²) in [4.78, 5) is 22.4. The van der Waals surface area contributed by atoms with Crippen molar-refractivity contribution in [2.24, 2.45) is 0 Å². The molecule has 1 aromatic rings. The second kappa shape index (κ2) is 8.27. The van der Waals surface area contributed by atoms with Crippen molar-refractivity contribution in [1.82, 2.24) is 10.6 Å². The van der Waals surface area contributed by atoms with Gasteiger partial charge in [0.25, 0.3) is 0 Å². The SMILES string of the molecule is CNCC(=O)NC(CCCc1cccc(F)c1)C(=O)O. The van der Waals surface area contributed by atoms with Crippen molar-refractivity contribution in [3.05, 3.63) is 35.6 Å². The van der Waals surface area contributed by atoms with Crippen LogP contribution in [0.15, 0.2) is 24.3 Å². The fourth-order valence-corrected chi connectivity index (χ4v) is 1.87. The Morgan fingerprint density at radius 2 is 2.15 bits per heavy atom. The van der Waals surface area contributed by atoms with Crippen LogP contribution in [0.5, 0.6) is 0 Å². The van der Waals surface area contributed by atoms with Crippen molar-refractivity contribution in [2.75, 3.05) is 13.6 Å². The molecule has 6 heteroatoms. The van der Waals surface area contributed by atoms with E-state index in [9.17, 15) is 14.0 Å². The van der Waals surface area contributed by atoms with E-state index in [-0.39, 0.29) is 18.3 Å². The fourth-order valence-electron chi connectivity index (χ4n) is 1.87. The zero-order valence-corrected chi connectivity index (χ0v) is 11.4. The zero-order chi connectivity index (χ0) is 15.0. The molecule has 0 saturated carbocycles. The molecule has 0 aromatic heterocycles. The molecule has 1 amide bonds. The van der Waals surface area contributed by atoms with E-state index in [1.54, 1.807) is 19.2 Å². The Balaban J connectivity index is 2.43. The maximum Gasteiger partial charge on any atom is 0.326 e. The third-order valence-electron chi connectivity index (χ3n) is 2.82. The monoisotopic (exact) mass is 282 g/mol. The van der Waals surface area contributed by atoms with E-state index in [1.165, 1.54) is 12.1 Å². The first-order chi connectivity index (χ1) is 9.52. The van der Waals surface area contributed by atoms with Crippen LogP contribution in [0.25, 0.3) is 0 Å². The summed E-state index contributed by atoms with van der Waals surface area (Å²) in [6, 6.07) is 5.29. The number of rotatable bonds is 8. The third-order valence-corrected chi connectivity index (χ3v) is 2.82. The van der Waals surface area contributed by atoms with E-state index in [4.69, 9.17) is 5.11 Å². The summed E-state index contributed by atoms with van der Waals surface area (Å²) in [6.07, 6.45) is 1.44. The Hall–Kier alpha value is -1.95. The number of carboxylic acids is 1. The first-order valence-corrected chi connectivity index (χ1v) is 6.44. The van der Waals surface area contributed by atoms with Gasteiger partial charge in [-0.2, -0.15) is 0 Å². The number of aryl methyl sites for hydroxylation is 1. The number of nitrogens with one attached hydrogen (secondary N) is 2. The lowest BCUT2D eigenvalue weighted by atomic mass is 10.0. The van der Waals surface area contributed by atoms with Crippen LogP contribution in [-0.2, 0) is 16.0 Å². The topological polar surface area (TPSA) is 78.4 Å². The molecule has 1 aromatic carbocycles. The first kappa shape index (κ1) is 16.1. The Labute approximate surface area is 117 Å². The van der Waals surface area contributed by atoms with Gasteiger partial charge in [0.05, 0.1) is 6.54 Å². The maximum absolute atomic E-state index is 13.0. The lowest BCUT2D eigenvalue weighted by Gasteiger charge is -2.14. The molecule has 3 N–H and O–H groups in total. The van der Waals surface area contributed by atoms with Crippen LogP contribution in [0.2, 0.25) is 0 Å². The number of benzene rings is 1. The van der Waals surface area contributed by atoms with Gasteiger partial charge in [0.15, 0.2) is 0 Å². The predicted molar refractivity (Wildman–Crippen MR) is 72.8 cm³/mol. The maximum atomic E-state index is 13.0. The standard InChI is InChI=1S/C14H19FN2O3/c1-16-9-13(18)17-12(14(19)20)7-3-5-10-4-2-6-11(15)8-10/h2,4,6,8,12,16H,3,5,7,9H2,1H3,(H,17,18)(H,19,20). The van der Waals surface area contributed by atoms with Crippen LogP contribution in [0.3, 0.4) is 0 Å². The second-order valence-electron chi connectivity index (χ2n) is 4.51. The summed E-state index contributed by atoms with van der Waals surface area (Å²) in [5, 5.41) is 14.1. The van der Waals surface area contributed by atoms with Crippen molar-refractivity contribution in [3.8, 4) is 0 Å². The Kier molecular flexibility index (Phi) is 6.66. The fraction of sp³-hybridized carbons (Fsp3) is 0.429. The first-order valence-electron chi connectivity index (χ1n) is 6.44. The highest BCUT2D eigenvalue weighted by molar-refractivity contribution is 5.84. The smallest absolute Gasteiger partial charge is 0.326 e. The van der Waals surface area contributed by atoms with Gasteiger partial charge in [-0.05, 0) is 44.0 Å². The number of halogens is 1. The molecule has 0 aliphatic carbocycles. The summed E-state index contributed by atoms with van der Waals surface area (Å²) < 4.78 is 13.0. The van der Waals surface area contributed by atoms with Gasteiger partial charge in [0.1, 0.15) is 11.9 Å². The number of aliphatic carboxylic acids is 1. The van der Waals surface area contributed by atoms with E-state index in [0.29, 0.717) is 19.3 Å². The van der Waals surface area contributed by atoms with Crippen molar-refractivity contribution < 1.29 is 19.1 Å². The van der Waals surface area contributed by atoms with Crippen LogP contribution >= 0.6 is 0 Å². The number of carbonyl (C=O) groups is 2. The Bertz CT molecular complexity index is 465. The van der Waals surface area contributed by atoms with Crippen molar-refractivity contribution in [2.45, 2.75) is 25.3 Å². The summed E-state index contributed by atoms with van der Waals surface area (Å²) in [7, 11) is 1.61. The number of carbonyl (C=O) groups excluding carboxylic acids is 1. The van der Waals surface area contributed by atoms with Crippen molar-refractivity contribution in [3.63, 3.8) is 0 Å². The van der Waals surface area contributed by atoms with Gasteiger partial charge in [0.2, 0.25) is 5.91 Å². The van der Waals surface area contributed by atoms with Crippen LogP contribution in [0.4, 0.5) is 4.39 Å². The summed E-state index contributed by atoms with van der Waals surface area (Å²) in [5.41, 5.74) is 0.815. The van der Waals surface area contributed by atoms with Gasteiger partial charge >= 0.3 is 5.97 Å². The van der Waals surface area contributed by atoms with E-state index in [0.717, 1.165) is 5.56 Å². The minimum atomic E-state index is -1.06. The summed E-state index contributed by atoms with van der Waals surface area (Å²) >= 11 is 0. The molecule has 0 aliphatic rings. The highest BCUT2D eigenvalue weighted by Crippen LogP contribution is 2.09. The number of amides is 1. The van der Waals surface area contributed by atoms with Crippen LogP contribution < -0.4 is 10.6 Å². The lowest BCUT2D eigenvalue weighted by molar-refractivity contribution is -0.141. The van der Waals surface area contributed by atoms with Gasteiger partial charge < -0.3 is 15.7 Å². The molecule has 20 heavy (non-hydrogen) atoms. The van der Waals surface area contributed by atoms with Crippen LogP contribution in [-0.4, -0.2) is 36.6 Å². The van der Waals surface area contributed by atoms with Gasteiger partial charge in [-0.25, -0.2) is 9.18 Å². The van der Waals surface area contributed by atoms with Crippen molar-refractivity contribution in [1.29, 1.82) is 0 Å². The van der Waals surface area contributed by atoms with Gasteiger partial charge in [0, 0.05) is 0 Å². The van der Waals surface area contributed by atoms with Gasteiger partial charge in [-0.3, -0.25) is 4.79 Å². The van der Waals surface area contributed by atoms with Crippen LogP contribution in [0.1, 0.15) is 18.4 Å². The van der Waals surface area contributed by atoms with Crippen LogP contribution in [0, 0.1) is 5.82 Å². The molecule has 0 bridgehead atoms. The molecule has 0 heterocycles. The zero-order valence-electron chi connectivity index (χ0n) is 11.4. The van der Waals surface area contributed by atoms with Gasteiger partial charge in [-0.15, -0.1) is 0 Å². The molecular weight excluding hydrogens is 263 g/mol.